The minimum Gasteiger partial charge on any atom is -0.434 e. The molecule has 4 aromatic rings. The van der Waals surface area contributed by atoms with Gasteiger partial charge in [-0.15, -0.1) is 0 Å². The third kappa shape index (κ3) is 6.14. The largest absolute Gasteiger partial charge is 0.515 e. The highest BCUT2D eigenvalue weighted by molar-refractivity contribution is 5.84. The van der Waals surface area contributed by atoms with E-state index in [2.05, 4.69) is 49.6 Å². The summed E-state index contributed by atoms with van der Waals surface area (Å²) >= 11 is 0. The predicted octanol–water partition coefficient (Wildman–Crippen LogP) is 2.33. The van der Waals surface area contributed by atoms with Crippen molar-refractivity contribution < 1.29 is 33.7 Å². The second-order valence-corrected chi connectivity index (χ2v) is 9.87. The van der Waals surface area contributed by atoms with Crippen LogP contribution in [0.25, 0.3) is 11.2 Å². The summed E-state index contributed by atoms with van der Waals surface area (Å²) in [6, 6.07) is 1.45. The van der Waals surface area contributed by atoms with Gasteiger partial charge < -0.3 is 44.1 Å². The van der Waals surface area contributed by atoms with Crippen molar-refractivity contribution >= 4 is 29.1 Å². The molecule has 16 heteroatoms. The second kappa shape index (κ2) is 12.7. The van der Waals surface area contributed by atoms with Crippen LogP contribution in [0.4, 0.5) is 16.6 Å². The lowest BCUT2D eigenvalue weighted by molar-refractivity contribution is -0.0434. The minimum atomic E-state index is -1.39. The van der Waals surface area contributed by atoms with E-state index in [9.17, 15) is 15.0 Å². The van der Waals surface area contributed by atoms with Gasteiger partial charge in [0.25, 0.3) is 5.88 Å². The molecule has 5 heterocycles. The molecule has 4 N–H and O–H groups in total. The lowest BCUT2D eigenvalue weighted by Gasteiger charge is -2.18. The third-order valence-corrected chi connectivity index (χ3v) is 6.92. The molecule has 4 atom stereocenters. The number of aliphatic hydroxyl groups excluding tert-OH is 2. The molecule has 0 bridgehead atoms. The number of anilines is 2. The molecule has 0 amide bonds. The number of fused-ring (bicyclic) bond motifs is 1. The maximum absolute atomic E-state index is 11.6. The first-order chi connectivity index (χ1) is 20.3. The van der Waals surface area contributed by atoms with Crippen LogP contribution in [-0.2, 0) is 22.9 Å². The second-order valence-electron chi connectivity index (χ2n) is 9.87. The van der Waals surface area contributed by atoms with Gasteiger partial charge in [-0.3, -0.25) is 4.57 Å². The molecule has 1 fully saturated rings. The first-order valence-electron chi connectivity index (χ1n) is 13.9. The summed E-state index contributed by atoms with van der Waals surface area (Å²) in [7, 11) is 1.91. The van der Waals surface area contributed by atoms with Gasteiger partial charge >= 0.3 is 6.16 Å². The molecule has 1 saturated heterocycles. The number of hydrogen-bond donors (Lipinski definition) is 4. The Hall–Kier alpha value is -4.28. The fourth-order valence-electron chi connectivity index (χ4n) is 4.68. The zero-order chi connectivity index (χ0) is 29.8. The average molecular weight is 586 g/mol. The Bertz CT molecular complexity index is 1500. The summed E-state index contributed by atoms with van der Waals surface area (Å²) in [6.07, 6.45) is 1.68. The van der Waals surface area contributed by atoms with Gasteiger partial charge in [-0.05, 0) is 24.9 Å². The summed E-state index contributed by atoms with van der Waals surface area (Å²) in [4.78, 5) is 29.8. The topological polar surface area (TPSA) is 197 Å². The Kier molecular flexibility index (Phi) is 8.84. The summed E-state index contributed by atoms with van der Waals surface area (Å²) in [5.74, 6) is 0.773. The number of aryl methyl sites for hydroxylation is 1. The van der Waals surface area contributed by atoms with Crippen molar-refractivity contribution in [2.75, 3.05) is 23.8 Å². The van der Waals surface area contributed by atoms with E-state index in [4.69, 9.17) is 18.7 Å². The molecule has 0 unspecified atom stereocenters. The molecule has 5 rings (SSSR count). The van der Waals surface area contributed by atoms with Crippen LogP contribution in [0.2, 0.25) is 0 Å². The van der Waals surface area contributed by atoms with Crippen molar-refractivity contribution in [1.82, 2.24) is 34.2 Å². The van der Waals surface area contributed by atoms with Gasteiger partial charge in [0, 0.05) is 38.3 Å². The van der Waals surface area contributed by atoms with Crippen LogP contribution < -0.4 is 15.4 Å². The zero-order valence-electron chi connectivity index (χ0n) is 23.8. The maximum Gasteiger partial charge on any atom is 0.515 e. The monoisotopic (exact) mass is 585 g/mol. The Morgan fingerprint density at radius 1 is 1.14 bits per heavy atom. The van der Waals surface area contributed by atoms with Crippen molar-refractivity contribution in [3.05, 3.63) is 36.4 Å². The molecule has 0 aromatic carbocycles. The lowest BCUT2D eigenvalue weighted by atomic mass is 10.1. The summed E-state index contributed by atoms with van der Waals surface area (Å²) in [5.41, 5.74) is 1.80. The van der Waals surface area contributed by atoms with E-state index in [1.807, 2.05) is 17.8 Å². The van der Waals surface area contributed by atoms with Gasteiger partial charge in [0.1, 0.15) is 18.3 Å². The average Bonchev–Trinajstić information content (AvgIpc) is 3.76. The number of aliphatic hydroxyl groups is 2. The van der Waals surface area contributed by atoms with Crippen LogP contribution >= 0.6 is 0 Å². The Balaban J connectivity index is 1.41. The lowest BCUT2D eigenvalue weighted by Crippen LogP contribution is -2.29. The number of nitrogens with one attached hydrogen (secondary N) is 2. The highest BCUT2D eigenvalue weighted by atomic mass is 16.7. The zero-order valence-corrected chi connectivity index (χ0v) is 23.8. The summed E-state index contributed by atoms with van der Waals surface area (Å²) in [6.45, 7) is 6.46. The molecule has 42 heavy (non-hydrogen) atoms. The van der Waals surface area contributed by atoms with Crippen molar-refractivity contribution in [2.24, 2.45) is 7.05 Å². The van der Waals surface area contributed by atoms with E-state index in [1.165, 1.54) is 12.4 Å². The summed E-state index contributed by atoms with van der Waals surface area (Å²) < 4.78 is 24.4. The van der Waals surface area contributed by atoms with Crippen LogP contribution in [0.1, 0.15) is 57.4 Å². The van der Waals surface area contributed by atoms with Crippen LogP contribution in [0.3, 0.4) is 0 Å². The Morgan fingerprint density at radius 2 is 1.95 bits per heavy atom. The van der Waals surface area contributed by atoms with Gasteiger partial charge in [0.05, 0.1) is 25.0 Å². The quantitative estimate of drug-likeness (QED) is 0.177. The number of rotatable bonds is 12. The molecule has 0 aliphatic carbocycles. The van der Waals surface area contributed by atoms with Crippen LogP contribution in [-0.4, -0.2) is 82.0 Å². The van der Waals surface area contributed by atoms with E-state index < -0.39 is 30.7 Å². The van der Waals surface area contributed by atoms with E-state index in [0.717, 1.165) is 18.5 Å². The molecular weight excluding hydrogens is 550 g/mol. The van der Waals surface area contributed by atoms with Crippen LogP contribution in [0, 0.1) is 0 Å². The fourth-order valence-corrected chi connectivity index (χ4v) is 4.68. The molecule has 0 radical (unpaired) electrons. The number of ether oxygens (including phenoxy) is 3. The standard InChI is InChI=1S/C26H35N9O7/c1-5-14(6-2)30-22-18-23(32-25(31-22)27-9-8-15-11-34(4)12-28-15)35(13-29-18)24-20(37)19(36)21(41-24)16-10-17(33-42-16)40-26(38)39-7-3/h10-14,19-21,24,36-37H,5-9H2,1-4H3,(H2,27,30,31,32)/t19-,20+,21+,24+/m0/s1. The van der Waals surface area contributed by atoms with Crippen molar-refractivity contribution in [3.63, 3.8) is 0 Å². The molecule has 226 valence electrons. The van der Waals surface area contributed by atoms with E-state index in [-0.39, 0.29) is 24.3 Å². The molecule has 0 spiro atoms. The molecule has 16 nitrogen and oxygen atoms in total. The van der Waals surface area contributed by atoms with Gasteiger partial charge in [0.15, 0.2) is 29.0 Å². The normalized spacial score (nSPS) is 20.4. The van der Waals surface area contributed by atoms with Gasteiger partial charge in [0.2, 0.25) is 5.95 Å². The molecular formula is C26H35N9O7. The number of carbonyl (C=O) groups excluding carboxylic acids is 1. The SMILES string of the molecule is CCOC(=O)Oc1cc([C@H]2O[C@@H](n3cnc4c(NC(CC)CC)nc(NCCc5cn(C)cn5)nc43)[C@H](O)[C@@H]2O)on1. The number of imidazole rings is 2. The number of aromatic nitrogens is 7. The van der Waals surface area contributed by atoms with Gasteiger partial charge in [-0.1, -0.05) is 13.8 Å². The van der Waals surface area contributed by atoms with E-state index in [1.54, 1.807) is 17.8 Å². The smallest absolute Gasteiger partial charge is 0.434 e. The Morgan fingerprint density at radius 3 is 2.67 bits per heavy atom. The number of carbonyl (C=O) groups is 1. The minimum absolute atomic E-state index is 0.0513. The van der Waals surface area contributed by atoms with Gasteiger partial charge in [-0.2, -0.15) is 9.97 Å². The van der Waals surface area contributed by atoms with Crippen molar-refractivity contribution in [1.29, 1.82) is 0 Å². The number of hydrogen-bond acceptors (Lipinski definition) is 14. The Labute approximate surface area is 241 Å². The fraction of sp³-hybridized carbons (Fsp3) is 0.538. The molecule has 1 aliphatic rings. The van der Waals surface area contributed by atoms with Crippen LogP contribution in [0.15, 0.2) is 29.4 Å². The molecule has 1 aliphatic heterocycles. The van der Waals surface area contributed by atoms with E-state index >= 15 is 0 Å². The maximum atomic E-state index is 11.6. The molecule has 4 aromatic heterocycles. The van der Waals surface area contributed by atoms with Crippen LogP contribution in [0.5, 0.6) is 5.88 Å². The number of nitrogens with zero attached hydrogens (tertiary/aromatic N) is 7. The highest BCUT2D eigenvalue weighted by Crippen LogP contribution is 2.41. The first-order valence-corrected chi connectivity index (χ1v) is 13.9. The van der Waals surface area contributed by atoms with E-state index in [0.29, 0.717) is 35.9 Å². The molecule has 0 saturated carbocycles. The van der Waals surface area contributed by atoms with Gasteiger partial charge in [-0.25, -0.2) is 14.8 Å². The summed E-state index contributed by atoms with van der Waals surface area (Å²) in [5, 5.41) is 32.2. The van der Waals surface area contributed by atoms with Crippen molar-refractivity contribution in [3.8, 4) is 5.88 Å². The van der Waals surface area contributed by atoms with Crippen molar-refractivity contribution in [2.45, 2.75) is 70.6 Å². The third-order valence-electron chi connectivity index (χ3n) is 6.92. The predicted molar refractivity (Wildman–Crippen MR) is 148 cm³/mol. The highest BCUT2D eigenvalue weighted by Gasteiger charge is 2.47. The first kappa shape index (κ1) is 29.2.